The minimum Gasteiger partial charge on any atom is -0.455 e. The molecule has 3 heterocycles. The molecule has 0 amide bonds. The number of carbonyl (C=O) groups is 1. The van der Waals surface area contributed by atoms with Crippen LogP contribution in [-0.2, 0) is 11.3 Å². The minimum absolute atomic E-state index is 0.0507. The van der Waals surface area contributed by atoms with E-state index >= 15 is 0 Å². The van der Waals surface area contributed by atoms with Gasteiger partial charge >= 0.3 is 5.97 Å². The van der Waals surface area contributed by atoms with Gasteiger partial charge in [-0.05, 0) is 26.0 Å². The molecule has 0 spiro atoms. The Morgan fingerprint density at radius 3 is 2.91 bits per heavy atom. The number of carbonyl (C=O) groups excluding carboxylic acids is 1. The largest absolute Gasteiger partial charge is 0.455 e. The number of ether oxygens (including phenoxy) is 1. The highest BCUT2D eigenvalue weighted by atomic mass is 32.1. The third kappa shape index (κ3) is 2.62. The van der Waals surface area contributed by atoms with E-state index in [0.29, 0.717) is 10.7 Å². The maximum absolute atomic E-state index is 12.2. The first-order valence-corrected chi connectivity index (χ1v) is 7.44. The summed E-state index contributed by atoms with van der Waals surface area (Å²) in [6.07, 6.45) is 2.81. The maximum atomic E-state index is 12.2. The number of pyridine rings is 1. The smallest absolute Gasteiger partial charge is 0.345 e. The summed E-state index contributed by atoms with van der Waals surface area (Å²) in [6.45, 7) is 3.91. The van der Waals surface area contributed by atoms with Crippen molar-refractivity contribution >= 4 is 23.0 Å². The predicted octanol–water partition coefficient (Wildman–Crippen LogP) is 2.12. The van der Waals surface area contributed by atoms with Crippen LogP contribution in [0.4, 0.5) is 0 Å². The average molecular weight is 315 g/mol. The van der Waals surface area contributed by atoms with E-state index in [1.54, 1.807) is 24.4 Å². The summed E-state index contributed by atoms with van der Waals surface area (Å²) in [7, 11) is 0. The highest BCUT2D eigenvalue weighted by molar-refractivity contribution is 7.11. The Labute approximate surface area is 130 Å². The van der Waals surface area contributed by atoms with E-state index < -0.39 is 11.5 Å². The molecule has 0 aliphatic carbocycles. The van der Waals surface area contributed by atoms with E-state index in [0.717, 1.165) is 10.6 Å². The highest BCUT2D eigenvalue weighted by Crippen LogP contribution is 2.17. The van der Waals surface area contributed by atoms with Crippen LogP contribution in [-0.4, -0.2) is 20.3 Å². The standard InChI is InChI=1S/C15H13N3O3S/c1-9-10(2)22-13(17-9)8-21-15(20)11-7-16-12-5-3-4-6-18(12)14(11)19/h3-7H,8H2,1-2H3. The monoisotopic (exact) mass is 315 g/mol. The zero-order chi connectivity index (χ0) is 15.7. The number of nitrogens with zero attached hydrogens (tertiary/aromatic N) is 3. The van der Waals surface area contributed by atoms with E-state index in [4.69, 9.17) is 4.74 Å². The van der Waals surface area contributed by atoms with Crippen LogP contribution >= 0.6 is 11.3 Å². The van der Waals surface area contributed by atoms with Gasteiger partial charge in [0, 0.05) is 17.3 Å². The first kappa shape index (κ1) is 14.4. The van der Waals surface area contributed by atoms with Crippen molar-refractivity contribution in [1.29, 1.82) is 0 Å². The van der Waals surface area contributed by atoms with E-state index in [-0.39, 0.29) is 12.2 Å². The summed E-state index contributed by atoms with van der Waals surface area (Å²) in [5, 5.41) is 0.706. The fraction of sp³-hybridized carbons (Fsp3) is 0.200. The van der Waals surface area contributed by atoms with Crippen LogP contribution in [0.15, 0.2) is 35.4 Å². The van der Waals surface area contributed by atoms with Gasteiger partial charge < -0.3 is 4.74 Å². The van der Waals surface area contributed by atoms with Crippen LogP contribution < -0.4 is 5.56 Å². The normalized spacial score (nSPS) is 10.8. The van der Waals surface area contributed by atoms with Crippen LogP contribution in [0.25, 0.3) is 5.65 Å². The van der Waals surface area contributed by atoms with Gasteiger partial charge in [-0.3, -0.25) is 9.20 Å². The number of aromatic nitrogens is 3. The number of aryl methyl sites for hydroxylation is 2. The van der Waals surface area contributed by atoms with Gasteiger partial charge in [0.2, 0.25) is 0 Å². The molecule has 0 bridgehead atoms. The molecule has 0 aliphatic heterocycles. The highest BCUT2D eigenvalue weighted by Gasteiger charge is 2.15. The molecule has 0 aromatic carbocycles. The van der Waals surface area contributed by atoms with Gasteiger partial charge in [-0.25, -0.2) is 14.8 Å². The summed E-state index contributed by atoms with van der Waals surface area (Å²) < 4.78 is 6.48. The van der Waals surface area contributed by atoms with Gasteiger partial charge in [0.05, 0.1) is 5.69 Å². The predicted molar refractivity (Wildman–Crippen MR) is 82.2 cm³/mol. The van der Waals surface area contributed by atoms with E-state index in [9.17, 15) is 9.59 Å². The average Bonchev–Trinajstić information content (AvgIpc) is 2.84. The zero-order valence-corrected chi connectivity index (χ0v) is 12.9. The molecule has 0 radical (unpaired) electrons. The van der Waals surface area contributed by atoms with E-state index in [1.807, 2.05) is 13.8 Å². The van der Waals surface area contributed by atoms with Crippen molar-refractivity contribution < 1.29 is 9.53 Å². The van der Waals surface area contributed by atoms with Gasteiger partial charge in [0.15, 0.2) is 0 Å². The third-order valence-corrected chi connectivity index (χ3v) is 4.28. The van der Waals surface area contributed by atoms with Crippen molar-refractivity contribution in [2.45, 2.75) is 20.5 Å². The van der Waals surface area contributed by atoms with Crippen molar-refractivity contribution in [2.75, 3.05) is 0 Å². The van der Waals surface area contributed by atoms with Crippen LogP contribution in [0.1, 0.15) is 25.9 Å². The Kier molecular flexibility index (Phi) is 3.72. The molecule has 6 nitrogen and oxygen atoms in total. The lowest BCUT2D eigenvalue weighted by Gasteiger charge is -2.04. The number of hydrogen-bond donors (Lipinski definition) is 0. The van der Waals surface area contributed by atoms with E-state index in [2.05, 4.69) is 9.97 Å². The Bertz CT molecular complexity index is 894. The molecule has 3 aromatic rings. The second-order valence-corrected chi connectivity index (χ2v) is 6.02. The van der Waals surface area contributed by atoms with Gasteiger partial charge in [-0.1, -0.05) is 6.07 Å². The van der Waals surface area contributed by atoms with Crippen molar-refractivity contribution in [3.8, 4) is 0 Å². The molecule has 3 rings (SSSR count). The molecule has 0 fully saturated rings. The molecule has 112 valence electrons. The second-order valence-electron chi connectivity index (χ2n) is 4.73. The molecule has 0 saturated carbocycles. The molecule has 0 saturated heterocycles. The van der Waals surface area contributed by atoms with Crippen molar-refractivity contribution in [1.82, 2.24) is 14.4 Å². The summed E-state index contributed by atoms with van der Waals surface area (Å²) in [6, 6.07) is 5.16. The number of rotatable bonds is 3. The quantitative estimate of drug-likeness (QED) is 0.692. The first-order valence-electron chi connectivity index (χ1n) is 6.62. The number of esters is 1. The molecule has 0 N–H and O–H groups in total. The van der Waals surface area contributed by atoms with Crippen LogP contribution in [0.5, 0.6) is 0 Å². The summed E-state index contributed by atoms with van der Waals surface area (Å²) in [5.41, 5.74) is 0.870. The molecular formula is C15H13N3O3S. The Balaban J connectivity index is 1.83. The Hall–Kier alpha value is -2.54. The molecule has 0 atom stereocenters. The number of hydrogen-bond acceptors (Lipinski definition) is 6. The van der Waals surface area contributed by atoms with Crippen LogP contribution in [0.3, 0.4) is 0 Å². The first-order chi connectivity index (χ1) is 10.6. The lowest BCUT2D eigenvalue weighted by molar-refractivity contribution is 0.0469. The van der Waals surface area contributed by atoms with Crippen molar-refractivity contribution in [3.63, 3.8) is 0 Å². The minimum atomic E-state index is -0.693. The summed E-state index contributed by atoms with van der Waals surface area (Å²) >= 11 is 1.47. The van der Waals surface area contributed by atoms with Crippen molar-refractivity contribution in [3.05, 3.63) is 62.1 Å². The second kappa shape index (κ2) is 5.69. The summed E-state index contributed by atoms with van der Waals surface area (Å²) in [5.74, 6) is -0.693. The molecular weight excluding hydrogens is 302 g/mol. The van der Waals surface area contributed by atoms with Gasteiger partial charge in [0.1, 0.15) is 22.8 Å². The SMILES string of the molecule is Cc1nc(COC(=O)c2cnc3ccccn3c2=O)sc1C. The number of fused-ring (bicyclic) bond motifs is 1. The van der Waals surface area contributed by atoms with Gasteiger partial charge in [-0.15, -0.1) is 11.3 Å². The summed E-state index contributed by atoms with van der Waals surface area (Å²) in [4.78, 5) is 33.8. The molecule has 3 aromatic heterocycles. The third-order valence-electron chi connectivity index (χ3n) is 3.23. The Morgan fingerprint density at radius 2 is 2.18 bits per heavy atom. The fourth-order valence-corrected chi connectivity index (χ4v) is 2.82. The fourth-order valence-electron chi connectivity index (χ4n) is 1.97. The number of thiazole rings is 1. The molecule has 7 heteroatoms. The maximum Gasteiger partial charge on any atom is 0.345 e. The van der Waals surface area contributed by atoms with Gasteiger partial charge in [-0.2, -0.15) is 0 Å². The topological polar surface area (TPSA) is 73.6 Å². The van der Waals surface area contributed by atoms with Crippen molar-refractivity contribution in [2.24, 2.45) is 0 Å². The Morgan fingerprint density at radius 1 is 1.36 bits per heavy atom. The van der Waals surface area contributed by atoms with Crippen LogP contribution in [0, 0.1) is 13.8 Å². The lowest BCUT2D eigenvalue weighted by Crippen LogP contribution is -2.24. The molecule has 22 heavy (non-hydrogen) atoms. The van der Waals surface area contributed by atoms with Gasteiger partial charge in [0.25, 0.3) is 5.56 Å². The molecule has 0 aliphatic rings. The van der Waals surface area contributed by atoms with E-state index in [1.165, 1.54) is 21.9 Å². The lowest BCUT2D eigenvalue weighted by atomic mass is 10.3. The zero-order valence-electron chi connectivity index (χ0n) is 12.1. The van der Waals surface area contributed by atoms with Crippen LogP contribution in [0.2, 0.25) is 0 Å². The molecule has 0 unspecified atom stereocenters.